The number of piperidine rings is 1. The van der Waals surface area contributed by atoms with Gasteiger partial charge in [-0.2, -0.15) is 0 Å². The number of thiophene rings is 1. The second-order valence-electron chi connectivity index (χ2n) is 5.60. The fraction of sp³-hybridized carbons (Fsp3) is 0.412. The van der Waals surface area contributed by atoms with Crippen LogP contribution in [-0.4, -0.2) is 31.6 Å². The summed E-state index contributed by atoms with van der Waals surface area (Å²) in [6.45, 7) is 3.94. The zero-order valence-electron chi connectivity index (χ0n) is 13.1. The highest BCUT2D eigenvalue weighted by Gasteiger charge is 2.21. The third-order valence-electron chi connectivity index (χ3n) is 3.97. The number of ether oxygens (including phenoxy) is 1. The standard InChI is InChI=1S/C17H20N2O3S/c1-2-22-17(21)15-10-12-9-13(3-4-14(12)23-15)19-16(20)11-5-7-18-8-6-11/h3-4,9-11,18H,2,5-8H2,1H3,(H,19,20). The van der Waals surface area contributed by atoms with Crippen molar-refractivity contribution in [1.29, 1.82) is 0 Å². The molecule has 0 unspecified atom stereocenters. The van der Waals surface area contributed by atoms with Gasteiger partial charge in [-0.05, 0) is 62.5 Å². The van der Waals surface area contributed by atoms with Crippen molar-refractivity contribution in [2.75, 3.05) is 25.0 Å². The minimum absolute atomic E-state index is 0.0736. The summed E-state index contributed by atoms with van der Waals surface area (Å²) >= 11 is 1.41. The largest absolute Gasteiger partial charge is 0.462 e. The van der Waals surface area contributed by atoms with Gasteiger partial charge in [-0.25, -0.2) is 4.79 Å². The highest BCUT2D eigenvalue weighted by atomic mass is 32.1. The maximum absolute atomic E-state index is 12.3. The average Bonchev–Trinajstić information content (AvgIpc) is 2.99. The molecule has 5 nitrogen and oxygen atoms in total. The van der Waals surface area contributed by atoms with Crippen molar-refractivity contribution < 1.29 is 14.3 Å². The lowest BCUT2D eigenvalue weighted by atomic mass is 9.97. The zero-order chi connectivity index (χ0) is 16.2. The molecule has 2 heterocycles. The quantitative estimate of drug-likeness (QED) is 0.845. The first-order valence-electron chi connectivity index (χ1n) is 7.89. The second kappa shape index (κ2) is 7.10. The van der Waals surface area contributed by atoms with Crippen molar-refractivity contribution in [3.63, 3.8) is 0 Å². The summed E-state index contributed by atoms with van der Waals surface area (Å²) in [5.41, 5.74) is 0.772. The predicted molar refractivity (Wildman–Crippen MR) is 92.0 cm³/mol. The number of carbonyl (C=O) groups excluding carboxylic acids is 2. The highest BCUT2D eigenvalue weighted by Crippen LogP contribution is 2.29. The molecule has 1 aromatic carbocycles. The molecular formula is C17H20N2O3S. The lowest BCUT2D eigenvalue weighted by Crippen LogP contribution is -2.34. The van der Waals surface area contributed by atoms with Crippen LogP contribution in [0.3, 0.4) is 0 Å². The van der Waals surface area contributed by atoms with Gasteiger partial charge in [-0.15, -0.1) is 11.3 Å². The Kier molecular flexibility index (Phi) is 4.93. The maximum atomic E-state index is 12.3. The predicted octanol–water partition coefficient (Wildman–Crippen LogP) is 3.02. The molecule has 0 atom stereocenters. The molecule has 23 heavy (non-hydrogen) atoms. The molecule has 3 rings (SSSR count). The number of benzene rings is 1. The molecule has 1 aliphatic heterocycles. The Morgan fingerprint density at radius 3 is 2.83 bits per heavy atom. The van der Waals surface area contributed by atoms with Crippen LogP contribution in [0.5, 0.6) is 0 Å². The van der Waals surface area contributed by atoms with Crippen LogP contribution in [0.4, 0.5) is 5.69 Å². The van der Waals surface area contributed by atoms with Gasteiger partial charge in [0.15, 0.2) is 0 Å². The van der Waals surface area contributed by atoms with E-state index in [-0.39, 0.29) is 17.8 Å². The fourth-order valence-corrected chi connectivity index (χ4v) is 3.69. The van der Waals surface area contributed by atoms with Crippen LogP contribution < -0.4 is 10.6 Å². The van der Waals surface area contributed by atoms with Crippen LogP contribution in [0, 0.1) is 5.92 Å². The highest BCUT2D eigenvalue weighted by molar-refractivity contribution is 7.20. The number of fused-ring (bicyclic) bond motifs is 1. The van der Waals surface area contributed by atoms with Gasteiger partial charge in [-0.1, -0.05) is 0 Å². The van der Waals surface area contributed by atoms with E-state index in [0.29, 0.717) is 11.5 Å². The molecule has 1 saturated heterocycles. The average molecular weight is 332 g/mol. The van der Waals surface area contributed by atoms with Crippen LogP contribution in [0.1, 0.15) is 29.4 Å². The van der Waals surface area contributed by atoms with E-state index in [9.17, 15) is 9.59 Å². The minimum atomic E-state index is -0.297. The Bertz CT molecular complexity index is 720. The van der Waals surface area contributed by atoms with Crippen LogP contribution in [0.25, 0.3) is 10.1 Å². The van der Waals surface area contributed by atoms with Crippen molar-refractivity contribution in [2.45, 2.75) is 19.8 Å². The molecule has 2 N–H and O–H groups in total. The van der Waals surface area contributed by atoms with Crippen LogP contribution in [-0.2, 0) is 9.53 Å². The van der Waals surface area contributed by atoms with E-state index in [4.69, 9.17) is 4.74 Å². The van der Waals surface area contributed by atoms with Crippen molar-refractivity contribution in [2.24, 2.45) is 5.92 Å². The summed E-state index contributed by atoms with van der Waals surface area (Å²) in [4.78, 5) is 24.7. The molecule has 0 bridgehead atoms. The van der Waals surface area contributed by atoms with Gasteiger partial charge < -0.3 is 15.4 Å². The molecule has 0 saturated carbocycles. The third-order valence-corrected chi connectivity index (χ3v) is 5.07. The molecular weight excluding hydrogens is 312 g/mol. The molecule has 0 spiro atoms. The van der Waals surface area contributed by atoms with E-state index in [2.05, 4.69) is 10.6 Å². The monoisotopic (exact) mass is 332 g/mol. The van der Waals surface area contributed by atoms with E-state index in [1.807, 2.05) is 24.3 Å². The molecule has 1 fully saturated rings. The Morgan fingerprint density at radius 2 is 2.09 bits per heavy atom. The molecule has 122 valence electrons. The van der Waals surface area contributed by atoms with E-state index in [1.165, 1.54) is 11.3 Å². The first kappa shape index (κ1) is 16.0. The van der Waals surface area contributed by atoms with Crippen LogP contribution in [0.2, 0.25) is 0 Å². The number of nitrogens with one attached hydrogen (secondary N) is 2. The first-order chi connectivity index (χ1) is 11.2. The van der Waals surface area contributed by atoms with Crippen molar-refractivity contribution in [3.8, 4) is 0 Å². The number of carbonyl (C=O) groups is 2. The summed E-state index contributed by atoms with van der Waals surface area (Å²) < 4.78 is 6.03. The Morgan fingerprint density at radius 1 is 1.30 bits per heavy atom. The molecule has 6 heteroatoms. The van der Waals surface area contributed by atoms with E-state index in [0.717, 1.165) is 41.7 Å². The van der Waals surface area contributed by atoms with Gasteiger partial charge in [0.05, 0.1) is 6.61 Å². The molecule has 1 aromatic heterocycles. The zero-order valence-corrected chi connectivity index (χ0v) is 13.9. The normalized spacial score (nSPS) is 15.5. The number of hydrogen-bond acceptors (Lipinski definition) is 5. The van der Waals surface area contributed by atoms with Gasteiger partial charge >= 0.3 is 5.97 Å². The summed E-state index contributed by atoms with van der Waals surface area (Å²) in [6, 6.07) is 7.54. The first-order valence-corrected chi connectivity index (χ1v) is 8.71. The van der Waals surface area contributed by atoms with Crippen molar-refractivity contribution in [1.82, 2.24) is 5.32 Å². The molecule has 1 amide bonds. The van der Waals surface area contributed by atoms with Gasteiger partial charge in [-0.3, -0.25) is 4.79 Å². The summed E-state index contributed by atoms with van der Waals surface area (Å²) in [7, 11) is 0. The fourth-order valence-electron chi connectivity index (χ4n) is 2.75. The number of hydrogen-bond donors (Lipinski definition) is 2. The number of amides is 1. The van der Waals surface area contributed by atoms with E-state index in [1.54, 1.807) is 6.92 Å². The topological polar surface area (TPSA) is 67.4 Å². The smallest absolute Gasteiger partial charge is 0.348 e. The lowest BCUT2D eigenvalue weighted by Gasteiger charge is -2.21. The lowest BCUT2D eigenvalue weighted by molar-refractivity contribution is -0.120. The van der Waals surface area contributed by atoms with Crippen molar-refractivity contribution >= 4 is 39.0 Å². The second-order valence-corrected chi connectivity index (χ2v) is 6.68. The molecule has 1 aliphatic rings. The van der Waals surface area contributed by atoms with Crippen LogP contribution >= 0.6 is 11.3 Å². The number of anilines is 1. The molecule has 2 aromatic rings. The SMILES string of the molecule is CCOC(=O)c1cc2cc(NC(=O)C3CCNCC3)ccc2s1. The molecule has 0 aliphatic carbocycles. The van der Waals surface area contributed by atoms with Crippen molar-refractivity contribution in [3.05, 3.63) is 29.1 Å². The summed E-state index contributed by atoms with van der Waals surface area (Å²) in [5, 5.41) is 7.19. The Labute approximate surface area is 139 Å². The molecule has 0 radical (unpaired) electrons. The van der Waals surface area contributed by atoms with E-state index >= 15 is 0 Å². The summed E-state index contributed by atoms with van der Waals surface area (Å²) in [6.07, 6.45) is 1.75. The van der Waals surface area contributed by atoms with E-state index < -0.39 is 0 Å². The number of rotatable bonds is 4. The minimum Gasteiger partial charge on any atom is -0.462 e. The third kappa shape index (κ3) is 3.71. The van der Waals surface area contributed by atoms with Gasteiger partial charge in [0.25, 0.3) is 0 Å². The van der Waals surface area contributed by atoms with Crippen LogP contribution in [0.15, 0.2) is 24.3 Å². The maximum Gasteiger partial charge on any atom is 0.348 e. The van der Waals surface area contributed by atoms with Gasteiger partial charge in [0, 0.05) is 16.3 Å². The number of esters is 1. The summed E-state index contributed by atoms with van der Waals surface area (Å²) in [5.74, 6) is -0.148. The Balaban J connectivity index is 1.74. The van der Waals surface area contributed by atoms with Gasteiger partial charge in [0.1, 0.15) is 4.88 Å². The van der Waals surface area contributed by atoms with Gasteiger partial charge in [0.2, 0.25) is 5.91 Å². The Hall–Kier alpha value is -1.92.